The fourth-order valence-corrected chi connectivity index (χ4v) is 1.36. The highest BCUT2D eigenvalue weighted by molar-refractivity contribution is 5.89. The minimum absolute atomic E-state index is 0.373. The number of hydrogen-bond donors (Lipinski definition) is 1. The molecule has 2 rings (SSSR count). The van der Waals surface area contributed by atoms with Crippen molar-refractivity contribution in [1.29, 1.82) is 0 Å². The number of hydrogen-bond acceptors (Lipinski definition) is 5. The van der Waals surface area contributed by atoms with E-state index >= 15 is 0 Å². The highest BCUT2D eigenvalue weighted by atomic mass is 16.7. The van der Waals surface area contributed by atoms with Gasteiger partial charge in [0.25, 0.3) is 6.29 Å². The van der Waals surface area contributed by atoms with Crippen molar-refractivity contribution in [3.8, 4) is 0 Å². The van der Waals surface area contributed by atoms with E-state index in [0.29, 0.717) is 24.2 Å². The number of carbonyl (C=O) groups is 1. The van der Waals surface area contributed by atoms with Gasteiger partial charge in [-0.3, -0.25) is 0 Å². The zero-order chi connectivity index (χ0) is 10.8. The van der Waals surface area contributed by atoms with Crippen molar-refractivity contribution >= 4 is 5.97 Å². The fourth-order valence-electron chi connectivity index (χ4n) is 1.36. The number of aliphatic hydroxyl groups excluding tert-OH is 1. The van der Waals surface area contributed by atoms with Gasteiger partial charge >= 0.3 is 5.97 Å². The molecule has 0 aromatic carbocycles. The second-order valence-electron chi connectivity index (χ2n) is 3.43. The maximum absolute atomic E-state index is 11.0. The summed E-state index contributed by atoms with van der Waals surface area (Å²) in [5.41, 5.74) is 1.19. The Balaban J connectivity index is 1.91. The topological polar surface area (TPSA) is 65.0 Å². The molecule has 0 bridgehead atoms. The number of rotatable bonds is 2. The highest BCUT2D eigenvalue weighted by Crippen LogP contribution is 2.20. The smallest absolute Gasteiger partial charge is 0.336 e. The first kappa shape index (κ1) is 10.2. The van der Waals surface area contributed by atoms with Crippen molar-refractivity contribution in [2.75, 3.05) is 6.61 Å². The van der Waals surface area contributed by atoms with Gasteiger partial charge < -0.3 is 19.3 Å². The van der Waals surface area contributed by atoms with Crippen molar-refractivity contribution in [2.24, 2.45) is 0 Å². The SMILES string of the molecule is CC1=CC(O/C=C2\CCOC2O)OC1=O. The number of aliphatic hydroxyl groups is 1. The summed E-state index contributed by atoms with van der Waals surface area (Å²) in [6.45, 7) is 2.14. The minimum Gasteiger partial charge on any atom is -0.459 e. The van der Waals surface area contributed by atoms with E-state index in [1.165, 1.54) is 6.26 Å². The Kier molecular flexibility index (Phi) is 2.75. The van der Waals surface area contributed by atoms with E-state index in [2.05, 4.69) is 0 Å². The van der Waals surface area contributed by atoms with E-state index < -0.39 is 12.6 Å². The molecule has 0 radical (unpaired) electrons. The second kappa shape index (κ2) is 4.04. The van der Waals surface area contributed by atoms with Crippen LogP contribution in [0.4, 0.5) is 0 Å². The zero-order valence-corrected chi connectivity index (χ0v) is 8.30. The molecule has 2 aliphatic rings. The Morgan fingerprint density at radius 2 is 2.47 bits per heavy atom. The van der Waals surface area contributed by atoms with E-state index in [-0.39, 0.29) is 5.97 Å². The average molecular weight is 212 g/mol. The molecule has 15 heavy (non-hydrogen) atoms. The molecule has 2 unspecified atom stereocenters. The quantitative estimate of drug-likeness (QED) is 0.532. The Morgan fingerprint density at radius 3 is 3.00 bits per heavy atom. The van der Waals surface area contributed by atoms with Crippen LogP contribution < -0.4 is 0 Å². The standard InChI is InChI=1S/C10H12O5/c1-6-4-8(15-9(6)11)14-5-7-2-3-13-10(7)12/h4-5,8,10,12H,2-3H2,1H3/b7-5+. The van der Waals surface area contributed by atoms with Crippen LogP contribution >= 0.6 is 0 Å². The summed E-state index contributed by atoms with van der Waals surface area (Å²) in [7, 11) is 0. The van der Waals surface area contributed by atoms with Crippen molar-refractivity contribution < 1.29 is 24.1 Å². The van der Waals surface area contributed by atoms with Crippen molar-refractivity contribution in [3.63, 3.8) is 0 Å². The van der Waals surface area contributed by atoms with Crippen LogP contribution in [0.25, 0.3) is 0 Å². The summed E-state index contributed by atoms with van der Waals surface area (Å²) in [5, 5.41) is 9.27. The van der Waals surface area contributed by atoms with Crippen molar-refractivity contribution in [3.05, 3.63) is 23.5 Å². The summed E-state index contributed by atoms with van der Waals surface area (Å²) in [6.07, 6.45) is 2.03. The zero-order valence-electron chi connectivity index (χ0n) is 8.30. The predicted octanol–water partition coefficient (Wildman–Crippen LogP) is 0.455. The average Bonchev–Trinajstić information content (AvgIpc) is 2.72. The molecule has 0 amide bonds. The number of carbonyl (C=O) groups excluding carboxylic acids is 1. The first-order valence-electron chi connectivity index (χ1n) is 4.70. The van der Waals surface area contributed by atoms with E-state index in [1.807, 2.05) is 0 Å². The molecule has 2 atom stereocenters. The first-order valence-corrected chi connectivity index (χ1v) is 4.70. The van der Waals surface area contributed by atoms with E-state index in [1.54, 1.807) is 13.0 Å². The van der Waals surface area contributed by atoms with Gasteiger partial charge in [-0.15, -0.1) is 0 Å². The summed E-state index contributed by atoms with van der Waals surface area (Å²) >= 11 is 0. The van der Waals surface area contributed by atoms with Gasteiger partial charge in [-0.25, -0.2) is 4.79 Å². The Morgan fingerprint density at radius 1 is 1.67 bits per heavy atom. The molecule has 0 aliphatic carbocycles. The fraction of sp³-hybridized carbons (Fsp3) is 0.500. The summed E-state index contributed by atoms with van der Waals surface area (Å²) in [4.78, 5) is 11.0. The molecule has 5 nitrogen and oxygen atoms in total. The summed E-state index contributed by atoms with van der Waals surface area (Å²) in [5.74, 6) is -0.373. The molecule has 0 saturated carbocycles. The van der Waals surface area contributed by atoms with Crippen molar-refractivity contribution in [1.82, 2.24) is 0 Å². The first-order chi connectivity index (χ1) is 7.16. The molecule has 2 aliphatic heterocycles. The van der Waals surface area contributed by atoms with E-state index in [0.717, 1.165) is 0 Å². The van der Waals surface area contributed by atoms with Gasteiger partial charge in [0.1, 0.15) is 0 Å². The van der Waals surface area contributed by atoms with Gasteiger partial charge in [-0.1, -0.05) is 0 Å². The van der Waals surface area contributed by atoms with Crippen LogP contribution in [-0.2, 0) is 19.0 Å². The van der Waals surface area contributed by atoms with Crippen LogP contribution in [0.1, 0.15) is 13.3 Å². The van der Waals surface area contributed by atoms with Crippen LogP contribution in [0.5, 0.6) is 0 Å². The van der Waals surface area contributed by atoms with E-state index in [4.69, 9.17) is 14.2 Å². The monoisotopic (exact) mass is 212 g/mol. The number of esters is 1. The maximum Gasteiger partial charge on any atom is 0.336 e. The molecule has 2 heterocycles. The van der Waals surface area contributed by atoms with Gasteiger partial charge in [0.15, 0.2) is 6.29 Å². The maximum atomic E-state index is 11.0. The third kappa shape index (κ3) is 2.19. The van der Waals surface area contributed by atoms with Gasteiger partial charge in [0.2, 0.25) is 0 Å². The molecule has 0 aromatic rings. The minimum atomic E-state index is -0.896. The lowest BCUT2D eigenvalue weighted by atomic mass is 10.2. The lowest BCUT2D eigenvalue weighted by molar-refractivity contribution is -0.152. The Bertz CT molecular complexity index is 331. The van der Waals surface area contributed by atoms with Crippen LogP contribution in [0.2, 0.25) is 0 Å². The third-order valence-electron chi connectivity index (χ3n) is 2.27. The van der Waals surface area contributed by atoms with Gasteiger partial charge in [-0.05, 0) is 6.92 Å². The largest absolute Gasteiger partial charge is 0.459 e. The predicted molar refractivity (Wildman–Crippen MR) is 49.4 cm³/mol. The Labute approximate surface area is 86.9 Å². The molecule has 1 saturated heterocycles. The highest BCUT2D eigenvalue weighted by Gasteiger charge is 2.24. The molecule has 0 spiro atoms. The molecule has 1 fully saturated rings. The van der Waals surface area contributed by atoms with Crippen LogP contribution in [0.15, 0.2) is 23.5 Å². The number of cyclic esters (lactones) is 1. The van der Waals surface area contributed by atoms with Gasteiger partial charge in [0.05, 0.1) is 12.9 Å². The molecular weight excluding hydrogens is 200 g/mol. The lowest BCUT2D eigenvalue weighted by Gasteiger charge is -2.09. The van der Waals surface area contributed by atoms with E-state index in [9.17, 15) is 9.90 Å². The molecular formula is C10H12O5. The molecule has 0 aromatic heterocycles. The Hall–Kier alpha value is -1.33. The van der Waals surface area contributed by atoms with Crippen LogP contribution in [0, 0.1) is 0 Å². The molecule has 5 heteroatoms. The van der Waals surface area contributed by atoms with Crippen LogP contribution in [0.3, 0.4) is 0 Å². The third-order valence-corrected chi connectivity index (χ3v) is 2.27. The van der Waals surface area contributed by atoms with Crippen LogP contribution in [-0.4, -0.2) is 30.3 Å². The summed E-state index contributed by atoms with van der Waals surface area (Å²) < 4.78 is 14.9. The lowest BCUT2D eigenvalue weighted by Crippen LogP contribution is -2.11. The number of ether oxygens (including phenoxy) is 3. The van der Waals surface area contributed by atoms with Gasteiger partial charge in [0, 0.05) is 23.6 Å². The second-order valence-corrected chi connectivity index (χ2v) is 3.43. The summed E-state index contributed by atoms with van der Waals surface area (Å²) in [6, 6.07) is 0. The van der Waals surface area contributed by atoms with Crippen molar-refractivity contribution in [2.45, 2.75) is 25.9 Å². The molecule has 82 valence electrons. The molecule has 1 N–H and O–H groups in total. The normalized spacial score (nSPS) is 33.1. The van der Waals surface area contributed by atoms with Gasteiger partial charge in [-0.2, -0.15) is 0 Å².